The Balaban J connectivity index is 0.999. The molecule has 1 atom stereocenters. The SMILES string of the molecule is COc1ccccc1CNC(=O)C(Cc1c[nH]c2ccccc12)NC(=O)CN1CC=C(c2c[nH]c3ccc(C(=O)NCc4ccccc4)cc23)CC1. The summed E-state index contributed by atoms with van der Waals surface area (Å²) < 4.78 is 5.46. The number of para-hydroxylation sites is 2. The van der Waals surface area contributed by atoms with Crippen LogP contribution in [0.1, 0.15) is 39.0 Å². The van der Waals surface area contributed by atoms with Gasteiger partial charge in [0.1, 0.15) is 11.8 Å². The zero-order valence-corrected chi connectivity index (χ0v) is 29.1. The van der Waals surface area contributed by atoms with Gasteiger partial charge in [-0.3, -0.25) is 19.3 Å². The van der Waals surface area contributed by atoms with Gasteiger partial charge >= 0.3 is 0 Å². The molecule has 0 fully saturated rings. The van der Waals surface area contributed by atoms with Crippen LogP contribution < -0.4 is 20.7 Å². The van der Waals surface area contributed by atoms with Crippen LogP contribution in [-0.4, -0.2) is 65.4 Å². The molecule has 4 aromatic carbocycles. The van der Waals surface area contributed by atoms with Crippen LogP contribution in [0.2, 0.25) is 0 Å². The lowest BCUT2D eigenvalue weighted by atomic mass is 9.98. The fraction of sp³-hybridized carbons (Fsp3) is 0.214. The monoisotopic (exact) mass is 694 g/mol. The van der Waals surface area contributed by atoms with Gasteiger partial charge < -0.3 is 30.7 Å². The minimum atomic E-state index is -0.775. The van der Waals surface area contributed by atoms with E-state index >= 15 is 0 Å². The van der Waals surface area contributed by atoms with E-state index < -0.39 is 6.04 Å². The number of nitrogens with zero attached hydrogens (tertiary/aromatic N) is 1. The highest BCUT2D eigenvalue weighted by Gasteiger charge is 2.25. The number of aromatic amines is 2. The topological polar surface area (TPSA) is 131 Å². The molecule has 2 aromatic heterocycles. The average Bonchev–Trinajstić information content (AvgIpc) is 3.80. The molecule has 5 N–H and O–H groups in total. The maximum atomic E-state index is 13.6. The smallest absolute Gasteiger partial charge is 0.251 e. The predicted octanol–water partition coefficient (Wildman–Crippen LogP) is 5.72. The molecular weight excluding hydrogens is 652 g/mol. The van der Waals surface area contributed by atoms with Crippen molar-refractivity contribution in [1.29, 1.82) is 0 Å². The molecule has 52 heavy (non-hydrogen) atoms. The van der Waals surface area contributed by atoms with Crippen LogP contribution in [0.5, 0.6) is 5.75 Å². The fourth-order valence-electron chi connectivity index (χ4n) is 6.83. The molecule has 3 amide bonds. The minimum absolute atomic E-state index is 0.121. The molecule has 7 rings (SSSR count). The fourth-order valence-corrected chi connectivity index (χ4v) is 6.83. The Morgan fingerprint density at radius 3 is 2.40 bits per heavy atom. The van der Waals surface area contributed by atoms with Gasteiger partial charge in [-0.2, -0.15) is 0 Å². The van der Waals surface area contributed by atoms with Crippen molar-refractivity contribution in [3.8, 4) is 5.75 Å². The number of fused-ring (bicyclic) bond motifs is 2. The summed E-state index contributed by atoms with van der Waals surface area (Å²) in [5.41, 5.74) is 7.61. The van der Waals surface area contributed by atoms with Gasteiger partial charge in [0.15, 0.2) is 0 Å². The summed E-state index contributed by atoms with van der Waals surface area (Å²) in [6.45, 7) is 2.16. The number of amides is 3. The number of carbonyl (C=O) groups excluding carboxylic acids is 3. The molecule has 0 bridgehead atoms. The number of ether oxygens (including phenoxy) is 1. The molecule has 0 saturated carbocycles. The van der Waals surface area contributed by atoms with Gasteiger partial charge in [-0.1, -0.05) is 72.8 Å². The van der Waals surface area contributed by atoms with Crippen LogP contribution in [-0.2, 0) is 29.1 Å². The molecule has 3 heterocycles. The minimum Gasteiger partial charge on any atom is -0.496 e. The second-order valence-corrected chi connectivity index (χ2v) is 13.1. The highest BCUT2D eigenvalue weighted by atomic mass is 16.5. The summed E-state index contributed by atoms with van der Waals surface area (Å²) in [5.74, 6) is 0.0873. The summed E-state index contributed by atoms with van der Waals surface area (Å²) in [7, 11) is 1.60. The largest absolute Gasteiger partial charge is 0.496 e. The number of H-pyrrole nitrogens is 2. The van der Waals surface area contributed by atoms with Crippen molar-refractivity contribution in [2.24, 2.45) is 0 Å². The molecule has 10 nitrogen and oxygen atoms in total. The lowest BCUT2D eigenvalue weighted by Gasteiger charge is -2.27. The molecular formula is C42H42N6O4. The molecule has 0 aliphatic carbocycles. The van der Waals surface area contributed by atoms with Crippen LogP contribution in [0, 0.1) is 0 Å². The quantitative estimate of drug-likeness (QED) is 0.106. The van der Waals surface area contributed by atoms with Crippen molar-refractivity contribution >= 4 is 45.1 Å². The highest BCUT2D eigenvalue weighted by Crippen LogP contribution is 2.30. The van der Waals surface area contributed by atoms with E-state index in [9.17, 15) is 14.4 Å². The van der Waals surface area contributed by atoms with Crippen molar-refractivity contribution in [3.63, 3.8) is 0 Å². The second-order valence-electron chi connectivity index (χ2n) is 13.1. The maximum Gasteiger partial charge on any atom is 0.251 e. The van der Waals surface area contributed by atoms with E-state index in [-0.39, 0.29) is 30.8 Å². The lowest BCUT2D eigenvalue weighted by molar-refractivity contribution is -0.129. The summed E-state index contributed by atoms with van der Waals surface area (Å²) in [4.78, 5) is 48.8. The standard InChI is InChI=1S/C42H42N6O4/c1-52-39-14-8-5-11-31(39)24-46-42(51)38(22-32-25-43-36-13-7-6-12-33(32)36)47-40(49)27-48-19-17-29(18-20-48)35-26-44-37-16-15-30(21-34(35)37)41(50)45-23-28-9-3-2-4-10-28/h2-17,21,25-26,38,43-44H,18-20,22-24,27H2,1H3,(H,45,50)(H,46,51)(H,47,49). The van der Waals surface area contributed by atoms with Crippen molar-refractivity contribution in [3.05, 3.63) is 143 Å². The first kappa shape index (κ1) is 34.3. The molecule has 0 saturated heterocycles. The van der Waals surface area contributed by atoms with Gasteiger partial charge in [-0.25, -0.2) is 0 Å². The number of methoxy groups -OCH3 is 1. The molecule has 6 aromatic rings. The molecule has 0 radical (unpaired) electrons. The van der Waals surface area contributed by atoms with Crippen LogP contribution in [0.15, 0.2) is 116 Å². The number of benzene rings is 4. The third-order valence-corrected chi connectivity index (χ3v) is 9.64. The molecule has 1 aliphatic rings. The molecule has 1 aliphatic heterocycles. The molecule has 1 unspecified atom stereocenters. The Kier molecular flexibility index (Phi) is 10.4. The molecule has 10 heteroatoms. The Bertz CT molecular complexity index is 2240. The van der Waals surface area contributed by atoms with Crippen molar-refractivity contribution in [2.45, 2.75) is 32.0 Å². The summed E-state index contributed by atoms with van der Waals surface area (Å²) in [5, 5.41) is 11.1. The maximum absolute atomic E-state index is 13.6. The van der Waals surface area contributed by atoms with Crippen molar-refractivity contribution < 1.29 is 19.1 Å². The Morgan fingerprint density at radius 2 is 1.58 bits per heavy atom. The van der Waals surface area contributed by atoms with Crippen LogP contribution >= 0.6 is 0 Å². The van der Waals surface area contributed by atoms with Gasteiger partial charge in [0.05, 0.1) is 13.7 Å². The number of aromatic nitrogens is 2. The highest BCUT2D eigenvalue weighted by molar-refractivity contribution is 6.01. The van der Waals surface area contributed by atoms with Gasteiger partial charge in [-0.15, -0.1) is 0 Å². The first-order chi connectivity index (χ1) is 25.4. The number of hydrogen-bond donors (Lipinski definition) is 5. The third-order valence-electron chi connectivity index (χ3n) is 9.64. The van der Waals surface area contributed by atoms with Crippen LogP contribution in [0.25, 0.3) is 27.4 Å². The lowest BCUT2D eigenvalue weighted by Crippen LogP contribution is -2.50. The Morgan fingerprint density at radius 1 is 0.808 bits per heavy atom. The van der Waals surface area contributed by atoms with E-state index in [1.807, 2.05) is 109 Å². The molecule has 0 spiro atoms. The number of hydrogen-bond acceptors (Lipinski definition) is 5. The number of rotatable bonds is 13. The first-order valence-corrected chi connectivity index (χ1v) is 17.5. The number of carbonyl (C=O) groups is 3. The normalized spacial score (nSPS) is 13.8. The number of nitrogens with one attached hydrogen (secondary N) is 5. The van der Waals surface area contributed by atoms with Crippen molar-refractivity contribution in [1.82, 2.24) is 30.8 Å². The van der Waals surface area contributed by atoms with E-state index in [1.165, 1.54) is 0 Å². The third kappa shape index (κ3) is 7.92. The zero-order chi connectivity index (χ0) is 35.9. The van der Waals surface area contributed by atoms with Crippen LogP contribution in [0.3, 0.4) is 0 Å². The van der Waals surface area contributed by atoms with Gasteiger partial charge in [0, 0.05) is 83.5 Å². The van der Waals surface area contributed by atoms with E-state index in [2.05, 4.69) is 36.9 Å². The summed E-state index contributed by atoms with van der Waals surface area (Å²) in [6.07, 6.45) is 7.11. The van der Waals surface area contributed by atoms with Gasteiger partial charge in [0.25, 0.3) is 5.91 Å². The summed E-state index contributed by atoms with van der Waals surface area (Å²) in [6, 6.07) is 30.3. The van der Waals surface area contributed by atoms with Crippen LogP contribution in [0.4, 0.5) is 0 Å². The first-order valence-electron chi connectivity index (χ1n) is 17.5. The predicted molar refractivity (Wildman–Crippen MR) is 204 cm³/mol. The van der Waals surface area contributed by atoms with Gasteiger partial charge in [0.2, 0.25) is 11.8 Å². The summed E-state index contributed by atoms with van der Waals surface area (Å²) >= 11 is 0. The van der Waals surface area contributed by atoms with E-state index in [1.54, 1.807) is 7.11 Å². The Labute approximate surface area is 302 Å². The van der Waals surface area contributed by atoms with E-state index in [4.69, 9.17) is 4.74 Å². The zero-order valence-electron chi connectivity index (χ0n) is 29.1. The second kappa shape index (κ2) is 15.8. The average molecular weight is 695 g/mol. The van der Waals surface area contributed by atoms with Crippen molar-refractivity contribution in [2.75, 3.05) is 26.7 Å². The Hall–Kier alpha value is -6.13. The van der Waals surface area contributed by atoms with E-state index in [0.29, 0.717) is 37.4 Å². The van der Waals surface area contributed by atoms with E-state index in [0.717, 1.165) is 56.1 Å². The van der Waals surface area contributed by atoms with Gasteiger partial charge in [-0.05, 0) is 53.5 Å². The molecule has 264 valence electrons.